The number of benzene rings is 2. The Morgan fingerprint density at radius 1 is 1.09 bits per heavy atom. The molecule has 166 valence electrons. The first kappa shape index (κ1) is 21.5. The van der Waals surface area contributed by atoms with E-state index in [9.17, 15) is 22.8 Å². The summed E-state index contributed by atoms with van der Waals surface area (Å²) in [7, 11) is 0. The highest BCUT2D eigenvalue weighted by molar-refractivity contribution is 6.07. The molecule has 0 spiro atoms. The third-order valence-corrected chi connectivity index (χ3v) is 5.28. The zero-order chi connectivity index (χ0) is 22.9. The van der Waals surface area contributed by atoms with Crippen molar-refractivity contribution in [1.29, 1.82) is 0 Å². The van der Waals surface area contributed by atoms with Crippen molar-refractivity contribution in [3.63, 3.8) is 0 Å². The van der Waals surface area contributed by atoms with E-state index in [1.165, 1.54) is 12.1 Å². The lowest BCUT2D eigenvalue weighted by Crippen LogP contribution is -2.43. The predicted octanol–water partition coefficient (Wildman–Crippen LogP) is 4.50. The van der Waals surface area contributed by atoms with Gasteiger partial charge in [-0.05, 0) is 24.1 Å². The van der Waals surface area contributed by atoms with Gasteiger partial charge in [0.25, 0.3) is 5.91 Å². The molecular formula is C22H19F3N4O3. The SMILES string of the molecule is CCCC1(c2ccccc2)NC(=O)N(Cc2nc(-c3cccc(C(F)(F)F)c3)no2)C1=O. The molecule has 2 heterocycles. The van der Waals surface area contributed by atoms with Gasteiger partial charge in [-0.15, -0.1) is 0 Å². The number of nitrogens with zero attached hydrogens (tertiary/aromatic N) is 3. The maximum atomic E-state index is 13.3. The van der Waals surface area contributed by atoms with Crippen molar-refractivity contribution >= 4 is 11.9 Å². The van der Waals surface area contributed by atoms with Gasteiger partial charge in [-0.3, -0.25) is 9.69 Å². The van der Waals surface area contributed by atoms with Crippen molar-refractivity contribution in [3.8, 4) is 11.4 Å². The summed E-state index contributed by atoms with van der Waals surface area (Å²) in [6.45, 7) is 1.61. The molecule has 1 unspecified atom stereocenters. The highest BCUT2D eigenvalue weighted by atomic mass is 19.4. The molecule has 0 bridgehead atoms. The first-order valence-electron chi connectivity index (χ1n) is 9.94. The lowest BCUT2D eigenvalue weighted by atomic mass is 9.85. The molecule has 1 aliphatic heterocycles. The summed E-state index contributed by atoms with van der Waals surface area (Å²) in [4.78, 5) is 31.0. The monoisotopic (exact) mass is 444 g/mol. The number of halogens is 3. The Bertz CT molecular complexity index is 1150. The quantitative estimate of drug-likeness (QED) is 0.566. The highest BCUT2D eigenvalue weighted by Crippen LogP contribution is 2.35. The third kappa shape index (κ3) is 3.83. The molecule has 1 aromatic heterocycles. The van der Waals surface area contributed by atoms with Crippen LogP contribution in [0.4, 0.5) is 18.0 Å². The number of alkyl halides is 3. The van der Waals surface area contributed by atoms with Crippen molar-refractivity contribution in [2.75, 3.05) is 0 Å². The molecule has 1 N–H and O–H groups in total. The number of aromatic nitrogens is 2. The van der Waals surface area contributed by atoms with Gasteiger partial charge in [-0.1, -0.05) is 61.0 Å². The second-order valence-electron chi connectivity index (χ2n) is 7.43. The van der Waals surface area contributed by atoms with E-state index >= 15 is 0 Å². The van der Waals surface area contributed by atoms with Gasteiger partial charge >= 0.3 is 12.2 Å². The van der Waals surface area contributed by atoms with Gasteiger partial charge in [0.2, 0.25) is 11.7 Å². The summed E-state index contributed by atoms with van der Waals surface area (Å²) in [6, 6.07) is 12.8. The summed E-state index contributed by atoms with van der Waals surface area (Å²) in [5.41, 5.74) is -1.27. The Balaban J connectivity index is 1.59. The molecular weight excluding hydrogens is 425 g/mol. The largest absolute Gasteiger partial charge is 0.416 e. The van der Waals surface area contributed by atoms with Crippen molar-refractivity contribution in [1.82, 2.24) is 20.4 Å². The molecule has 10 heteroatoms. The summed E-state index contributed by atoms with van der Waals surface area (Å²) in [5.74, 6) is -0.586. The third-order valence-electron chi connectivity index (χ3n) is 5.28. The Hall–Kier alpha value is -3.69. The zero-order valence-electron chi connectivity index (χ0n) is 17.0. The summed E-state index contributed by atoms with van der Waals surface area (Å²) in [5, 5.41) is 6.50. The second kappa shape index (κ2) is 8.10. The van der Waals surface area contributed by atoms with Crippen LogP contribution in [0.2, 0.25) is 0 Å². The Morgan fingerprint density at radius 2 is 1.84 bits per heavy atom. The molecule has 0 saturated carbocycles. The number of imide groups is 1. The average molecular weight is 444 g/mol. The van der Waals surface area contributed by atoms with E-state index in [1.807, 2.05) is 13.0 Å². The maximum Gasteiger partial charge on any atom is 0.416 e. The van der Waals surface area contributed by atoms with Crippen molar-refractivity contribution < 1.29 is 27.3 Å². The molecule has 32 heavy (non-hydrogen) atoms. The molecule has 3 amide bonds. The molecule has 2 aromatic carbocycles. The molecule has 7 nitrogen and oxygen atoms in total. The number of hydrogen-bond donors (Lipinski definition) is 1. The minimum absolute atomic E-state index is 0.0683. The molecule has 1 atom stereocenters. The Labute approximate surface area is 181 Å². The number of hydrogen-bond acceptors (Lipinski definition) is 5. The van der Waals surface area contributed by atoms with Crippen LogP contribution in [0.1, 0.15) is 36.8 Å². The summed E-state index contributed by atoms with van der Waals surface area (Å²) < 4.78 is 44.0. The fraction of sp³-hybridized carbons (Fsp3) is 0.273. The van der Waals surface area contributed by atoms with Gasteiger partial charge in [-0.25, -0.2) is 4.79 Å². The number of carbonyl (C=O) groups is 2. The van der Waals surface area contributed by atoms with Crippen LogP contribution in [-0.2, 0) is 23.1 Å². The molecule has 0 radical (unpaired) electrons. The topological polar surface area (TPSA) is 88.3 Å². The van der Waals surface area contributed by atoms with Gasteiger partial charge in [0.15, 0.2) is 0 Å². The number of amides is 3. The lowest BCUT2D eigenvalue weighted by Gasteiger charge is -2.26. The van der Waals surface area contributed by atoms with E-state index in [2.05, 4.69) is 15.5 Å². The fourth-order valence-electron chi connectivity index (χ4n) is 3.78. The first-order chi connectivity index (χ1) is 15.2. The lowest BCUT2D eigenvalue weighted by molar-refractivity contribution is -0.137. The fourth-order valence-corrected chi connectivity index (χ4v) is 3.78. The van der Waals surface area contributed by atoms with Crippen molar-refractivity contribution in [3.05, 3.63) is 71.6 Å². The van der Waals surface area contributed by atoms with Gasteiger partial charge in [-0.2, -0.15) is 18.2 Å². The van der Waals surface area contributed by atoms with E-state index in [1.54, 1.807) is 24.3 Å². The normalized spacial score (nSPS) is 18.8. The molecule has 3 aromatic rings. The number of nitrogens with one attached hydrogen (secondary N) is 1. The zero-order valence-corrected chi connectivity index (χ0v) is 17.0. The summed E-state index contributed by atoms with van der Waals surface area (Å²) in [6.07, 6.45) is -3.46. The maximum absolute atomic E-state index is 13.3. The average Bonchev–Trinajstić information content (AvgIpc) is 3.34. The minimum Gasteiger partial charge on any atom is -0.337 e. The van der Waals surface area contributed by atoms with Crippen LogP contribution in [0.25, 0.3) is 11.4 Å². The van der Waals surface area contributed by atoms with Gasteiger partial charge in [0, 0.05) is 5.56 Å². The Morgan fingerprint density at radius 3 is 2.53 bits per heavy atom. The van der Waals surface area contributed by atoms with E-state index in [4.69, 9.17) is 4.52 Å². The minimum atomic E-state index is -4.51. The van der Waals surface area contributed by atoms with Crippen LogP contribution in [0.5, 0.6) is 0 Å². The van der Waals surface area contributed by atoms with Crippen LogP contribution < -0.4 is 5.32 Å². The van der Waals surface area contributed by atoms with E-state index in [-0.39, 0.29) is 23.8 Å². The highest BCUT2D eigenvalue weighted by Gasteiger charge is 2.52. The van der Waals surface area contributed by atoms with Gasteiger partial charge < -0.3 is 9.84 Å². The molecule has 1 saturated heterocycles. The smallest absolute Gasteiger partial charge is 0.337 e. The van der Waals surface area contributed by atoms with E-state index in [0.717, 1.165) is 17.0 Å². The van der Waals surface area contributed by atoms with Crippen LogP contribution in [-0.4, -0.2) is 27.0 Å². The standard InChI is InChI=1S/C22H19F3N4O3/c1-2-11-21(15-8-4-3-5-9-15)19(30)29(20(31)27-21)13-17-26-18(28-32-17)14-7-6-10-16(12-14)22(23,24)25/h3-10,12H,2,11,13H2,1H3,(H,27,31). The van der Waals surface area contributed by atoms with Crippen LogP contribution in [0, 0.1) is 0 Å². The second-order valence-corrected chi connectivity index (χ2v) is 7.43. The summed E-state index contributed by atoms with van der Waals surface area (Å²) >= 11 is 0. The Kier molecular flexibility index (Phi) is 5.45. The van der Waals surface area contributed by atoms with Crippen LogP contribution >= 0.6 is 0 Å². The number of carbonyl (C=O) groups excluding carboxylic acids is 2. The number of rotatable bonds is 6. The van der Waals surface area contributed by atoms with E-state index < -0.39 is 29.2 Å². The van der Waals surface area contributed by atoms with Gasteiger partial charge in [0.1, 0.15) is 12.1 Å². The van der Waals surface area contributed by atoms with Crippen LogP contribution in [0.3, 0.4) is 0 Å². The van der Waals surface area contributed by atoms with E-state index in [0.29, 0.717) is 18.4 Å². The molecule has 1 fully saturated rings. The van der Waals surface area contributed by atoms with Crippen LogP contribution in [0.15, 0.2) is 59.1 Å². The van der Waals surface area contributed by atoms with Gasteiger partial charge in [0.05, 0.1) is 5.56 Å². The molecule has 4 rings (SSSR count). The molecule has 1 aliphatic rings. The van der Waals surface area contributed by atoms with Crippen molar-refractivity contribution in [2.45, 2.75) is 38.0 Å². The van der Waals surface area contributed by atoms with Crippen molar-refractivity contribution in [2.24, 2.45) is 0 Å². The predicted molar refractivity (Wildman–Crippen MR) is 107 cm³/mol. The number of urea groups is 1. The first-order valence-corrected chi connectivity index (χ1v) is 9.94. The molecule has 0 aliphatic carbocycles.